The minimum absolute atomic E-state index is 0.0847. The Morgan fingerprint density at radius 1 is 0.577 bits per heavy atom. The van der Waals surface area contributed by atoms with Crippen LogP contribution >= 0.6 is 0 Å². The summed E-state index contributed by atoms with van der Waals surface area (Å²) in [4.78, 5) is 0. The maximum Gasteiger partial charge on any atom is 0.135 e. The van der Waals surface area contributed by atoms with Crippen molar-refractivity contribution >= 4 is 27.8 Å². The zero-order chi connectivity index (χ0) is 35.2. The van der Waals surface area contributed by atoms with Crippen LogP contribution in [0.5, 0.6) is 0 Å². The van der Waals surface area contributed by atoms with Crippen molar-refractivity contribution in [3.63, 3.8) is 0 Å². The number of rotatable bonds is 8. The van der Waals surface area contributed by atoms with Crippen molar-refractivity contribution in [1.82, 2.24) is 5.32 Å². The standard InChI is InChI=1S/C49H40N2O/c1-49(2)42-20-11-19-40(47(42)41-29-36-15-6-7-16-37(36)30-43(41)49)38-18-10-12-32(28-38)22-27-44(51-48(50)35-13-4-3-5-14-35)33-23-25-34(26-24-33)46-31-39-17-8-9-21-45(39)52-46/h3-31,44,48,51H,50H2,1-2H3/b27-22+. The maximum absolute atomic E-state index is 6.75. The van der Waals surface area contributed by atoms with Gasteiger partial charge in [-0.2, -0.15) is 0 Å². The van der Waals surface area contributed by atoms with Gasteiger partial charge in [0.15, 0.2) is 0 Å². The van der Waals surface area contributed by atoms with Gasteiger partial charge in [0.25, 0.3) is 0 Å². The van der Waals surface area contributed by atoms with E-state index in [1.165, 1.54) is 44.2 Å². The largest absolute Gasteiger partial charge is 0.456 e. The highest BCUT2D eigenvalue weighted by Gasteiger charge is 2.37. The van der Waals surface area contributed by atoms with Crippen molar-refractivity contribution in [2.75, 3.05) is 0 Å². The van der Waals surface area contributed by atoms with Crippen LogP contribution in [0.1, 0.15) is 53.9 Å². The van der Waals surface area contributed by atoms with E-state index >= 15 is 0 Å². The summed E-state index contributed by atoms with van der Waals surface area (Å²) < 4.78 is 6.16. The summed E-state index contributed by atoms with van der Waals surface area (Å²) in [6.45, 7) is 4.71. The Morgan fingerprint density at radius 2 is 1.29 bits per heavy atom. The van der Waals surface area contributed by atoms with Gasteiger partial charge >= 0.3 is 0 Å². The van der Waals surface area contributed by atoms with Crippen molar-refractivity contribution < 1.29 is 4.42 Å². The lowest BCUT2D eigenvalue weighted by Crippen LogP contribution is -2.31. The van der Waals surface area contributed by atoms with Crippen LogP contribution in [0.3, 0.4) is 0 Å². The molecule has 52 heavy (non-hydrogen) atoms. The van der Waals surface area contributed by atoms with Crippen LogP contribution in [0.4, 0.5) is 0 Å². The van der Waals surface area contributed by atoms with Gasteiger partial charge in [0.2, 0.25) is 0 Å². The van der Waals surface area contributed by atoms with E-state index in [0.29, 0.717) is 0 Å². The van der Waals surface area contributed by atoms with Crippen molar-refractivity contribution in [3.05, 3.63) is 198 Å². The van der Waals surface area contributed by atoms with Crippen molar-refractivity contribution in [2.45, 2.75) is 31.5 Å². The summed E-state index contributed by atoms with van der Waals surface area (Å²) in [5.41, 5.74) is 19.8. The molecule has 1 aliphatic carbocycles. The molecule has 1 aromatic heterocycles. The molecule has 8 aromatic rings. The molecule has 0 radical (unpaired) electrons. The van der Waals surface area contributed by atoms with Gasteiger partial charge < -0.3 is 10.2 Å². The lowest BCUT2D eigenvalue weighted by atomic mass is 9.81. The molecule has 2 unspecified atom stereocenters. The first kappa shape index (κ1) is 31.9. The normalized spacial score (nSPS) is 14.4. The molecule has 2 atom stereocenters. The van der Waals surface area contributed by atoms with E-state index in [2.05, 4.69) is 159 Å². The summed E-state index contributed by atoms with van der Waals surface area (Å²) in [6.07, 6.45) is 4.09. The first-order chi connectivity index (χ1) is 25.4. The second-order valence-corrected chi connectivity index (χ2v) is 14.4. The van der Waals surface area contributed by atoms with Gasteiger partial charge in [-0.15, -0.1) is 0 Å². The SMILES string of the molecule is CC1(C)c2cc3ccccc3cc2-c2c(-c3cccc(/C=C/C(NC(N)c4ccccc4)c4ccc(-c5cc6ccccc6o5)cc4)c3)cccc21. The number of hydrogen-bond acceptors (Lipinski definition) is 3. The molecule has 252 valence electrons. The van der Waals surface area contributed by atoms with Gasteiger partial charge in [-0.25, -0.2) is 0 Å². The number of furan rings is 1. The van der Waals surface area contributed by atoms with E-state index in [4.69, 9.17) is 10.2 Å². The van der Waals surface area contributed by atoms with Gasteiger partial charge in [-0.1, -0.05) is 159 Å². The fraction of sp³-hybridized carbons (Fsp3) is 0.102. The van der Waals surface area contributed by atoms with E-state index in [9.17, 15) is 0 Å². The zero-order valence-corrected chi connectivity index (χ0v) is 29.4. The molecule has 3 heteroatoms. The Hall–Kier alpha value is -6.00. The lowest BCUT2D eigenvalue weighted by Gasteiger charge is -2.22. The number of hydrogen-bond donors (Lipinski definition) is 2. The first-order valence-electron chi connectivity index (χ1n) is 18.0. The Bertz CT molecular complexity index is 2560. The van der Waals surface area contributed by atoms with Crippen LogP contribution in [-0.2, 0) is 5.41 Å². The average Bonchev–Trinajstić information content (AvgIpc) is 3.72. The molecule has 9 rings (SSSR count). The van der Waals surface area contributed by atoms with Crippen molar-refractivity contribution in [2.24, 2.45) is 5.73 Å². The van der Waals surface area contributed by atoms with Crippen molar-refractivity contribution in [3.8, 4) is 33.6 Å². The Labute approximate surface area is 305 Å². The Morgan fingerprint density at radius 3 is 2.08 bits per heavy atom. The molecule has 0 saturated heterocycles. The van der Waals surface area contributed by atoms with Crippen LogP contribution in [0, 0.1) is 0 Å². The predicted octanol–water partition coefficient (Wildman–Crippen LogP) is 12.2. The van der Waals surface area contributed by atoms with Crippen LogP contribution in [0.25, 0.3) is 61.4 Å². The topological polar surface area (TPSA) is 51.2 Å². The summed E-state index contributed by atoms with van der Waals surface area (Å²) in [5.74, 6) is 0.859. The van der Waals surface area contributed by atoms with E-state index < -0.39 is 0 Å². The van der Waals surface area contributed by atoms with Gasteiger partial charge in [0.1, 0.15) is 11.3 Å². The number of nitrogens with two attached hydrogens (primary N) is 1. The molecule has 0 saturated carbocycles. The van der Waals surface area contributed by atoms with Crippen LogP contribution in [0.15, 0.2) is 174 Å². The predicted molar refractivity (Wildman–Crippen MR) is 217 cm³/mol. The highest BCUT2D eigenvalue weighted by atomic mass is 16.3. The third-order valence-electron chi connectivity index (χ3n) is 10.7. The average molecular weight is 673 g/mol. The fourth-order valence-electron chi connectivity index (χ4n) is 7.92. The Kier molecular flexibility index (Phi) is 7.96. The summed E-state index contributed by atoms with van der Waals surface area (Å²) in [5, 5.41) is 7.34. The second-order valence-electron chi connectivity index (χ2n) is 14.4. The third-order valence-corrected chi connectivity index (χ3v) is 10.7. The summed E-state index contributed by atoms with van der Waals surface area (Å²) in [6, 6.07) is 58.0. The summed E-state index contributed by atoms with van der Waals surface area (Å²) in [7, 11) is 0. The minimum Gasteiger partial charge on any atom is -0.456 e. The van der Waals surface area contributed by atoms with Crippen LogP contribution in [0.2, 0.25) is 0 Å². The van der Waals surface area contributed by atoms with Crippen LogP contribution < -0.4 is 11.1 Å². The molecule has 0 amide bonds. The molecule has 3 N–H and O–H groups in total. The molecule has 1 aliphatic rings. The Balaban J connectivity index is 1.06. The van der Waals surface area contributed by atoms with E-state index in [1.807, 2.05) is 36.4 Å². The molecule has 0 aliphatic heterocycles. The quantitative estimate of drug-likeness (QED) is 0.158. The number of para-hydroxylation sites is 1. The van der Waals surface area contributed by atoms with Crippen LogP contribution in [-0.4, -0.2) is 0 Å². The van der Waals surface area contributed by atoms with E-state index in [1.54, 1.807) is 0 Å². The number of nitrogens with one attached hydrogen (secondary N) is 1. The molecule has 0 bridgehead atoms. The highest BCUT2D eigenvalue weighted by Crippen LogP contribution is 2.53. The second kappa shape index (κ2) is 13.0. The number of fused-ring (bicyclic) bond motifs is 5. The van der Waals surface area contributed by atoms with Gasteiger partial charge in [0.05, 0.1) is 12.2 Å². The minimum atomic E-state index is -0.344. The molecule has 0 spiro atoms. The van der Waals surface area contributed by atoms with Gasteiger partial charge in [-0.05, 0) is 91.2 Å². The van der Waals surface area contributed by atoms with E-state index in [-0.39, 0.29) is 17.6 Å². The van der Waals surface area contributed by atoms with E-state index in [0.717, 1.165) is 39.0 Å². The maximum atomic E-state index is 6.75. The number of benzene rings is 7. The molecule has 3 nitrogen and oxygen atoms in total. The molecule has 1 heterocycles. The third kappa shape index (κ3) is 5.75. The first-order valence-corrected chi connectivity index (χ1v) is 18.0. The van der Waals surface area contributed by atoms with Gasteiger partial charge in [-0.3, -0.25) is 5.32 Å². The summed E-state index contributed by atoms with van der Waals surface area (Å²) >= 11 is 0. The monoisotopic (exact) mass is 672 g/mol. The van der Waals surface area contributed by atoms with Crippen molar-refractivity contribution in [1.29, 1.82) is 0 Å². The zero-order valence-electron chi connectivity index (χ0n) is 29.4. The molecular weight excluding hydrogens is 633 g/mol. The highest BCUT2D eigenvalue weighted by molar-refractivity contribution is 5.98. The smallest absolute Gasteiger partial charge is 0.135 e. The molecule has 7 aromatic carbocycles. The molecular formula is C49H40N2O. The molecule has 0 fully saturated rings. The van der Waals surface area contributed by atoms with Gasteiger partial charge in [0, 0.05) is 16.4 Å². The fourth-order valence-corrected chi connectivity index (χ4v) is 7.92. The lowest BCUT2D eigenvalue weighted by molar-refractivity contribution is 0.509.